The topological polar surface area (TPSA) is 108 Å². The van der Waals surface area contributed by atoms with Crippen molar-refractivity contribution in [2.75, 3.05) is 23.8 Å². The number of β-amino-alcohol motifs (C(OH)–C–C–N with tert-alkyl or cyclic N) is 1. The van der Waals surface area contributed by atoms with Crippen molar-refractivity contribution in [3.8, 4) is 0 Å². The molecule has 3 aliphatic heterocycles. The van der Waals surface area contributed by atoms with Gasteiger partial charge >= 0.3 is 0 Å². The lowest BCUT2D eigenvalue weighted by atomic mass is 9.62. The standard InChI is InChI=1S/C28H33N3O5/c1-16-10-11-17(2)20(14-16)30-25(34)23-28-15-18(3)27(4,36-28)21(22(28)26(35)31(23)12-13-32)24(33)29-19-8-6-5-7-9-19/h5-11,14,18,21-23,32H,12-13,15H2,1-4H3,(H,29,33)(H,30,34)/t18?,21-,22+,23?,27+,28?/m1/s1. The molecule has 3 N–H and O–H groups in total. The Kier molecular flexibility index (Phi) is 5.92. The van der Waals surface area contributed by atoms with Crippen molar-refractivity contribution in [2.45, 2.75) is 51.4 Å². The van der Waals surface area contributed by atoms with Crippen LogP contribution in [0.4, 0.5) is 11.4 Å². The largest absolute Gasteiger partial charge is 0.395 e. The fourth-order valence-corrected chi connectivity index (χ4v) is 6.60. The van der Waals surface area contributed by atoms with Gasteiger partial charge in [-0.15, -0.1) is 0 Å². The van der Waals surface area contributed by atoms with Gasteiger partial charge in [0.25, 0.3) is 0 Å². The van der Waals surface area contributed by atoms with E-state index >= 15 is 0 Å². The fourth-order valence-electron chi connectivity index (χ4n) is 6.60. The zero-order valence-electron chi connectivity index (χ0n) is 21.1. The summed E-state index contributed by atoms with van der Waals surface area (Å²) in [6.45, 7) is 7.43. The highest BCUT2D eigenvalue weighted by Crippen LogP contribution is 2.65. The summed E-state index contributed by atoms with van der Waals surface area (Å²) in [5.41, 5.74) is 1.15. The van der Waals surface area contributed by atoms with Gasteiger partial charge in [-0.1, -0.05) is 37.3 Å². The molecule has 2 bridgehead atoms. The molecule has 36 heavy (non-hydrogen) atoms. The van der Waals surface area contributed by atoms with Crippen LogP contribution in [0.5, 0.6) is 0 Å². The molecular weight excluding hydrogens is 458 g/mol. The van der Waals surface area contributed by atoms with Crippen molar-refractivity contribution in [2.24, 2.45) is 17.8 Å². The third-order valence-corrected chi connectivity index (χ3v) is 8.38. The zero-order chi connectivity index (χ0) is 25.8. The second-order valence-corrected chi connectivity index (χ2v) is 10.6. The maximum atomic E-state index is 13.8. The molecule has 3 saturated heterocycles. The molecule has 0 aromatic heterocycles. The molecule has 3 aliphatic rings. The van der Waals surface area contributed by atoms with E-state index in [2.05, 4.69) is 10.6 Å². The second-order valence-electron chi connectivity index (χ2n) is 10.6. The maximum absolute atomic E-state index is 13.8. The first-order chi connectivity index (χ1) is 17.1. The summed E-state index contributed by atoms with van der Waals surface area (Å²) in [5.74, 6) is -2.63. The van der Waals surface area contributed by atoms with Crippen molar-refractivity contribution < 1.29 is 24.2 Å². The molecule has 5 rings (SSSR count). The molecule has 3 amide bonds. The first-order valence-corrected chi connectivity index (χ1v) is 12.5. The number of carbonyl (C=O) groups is 3. The Morgan fingerprint density at radius 3 is 2.53 bits per heavy atom. The summed E-state index contributed by atoms with van der Waals surface area (Å²) in [6, 6.07) is 13.9. The lowest BCUT2D eigenvalue weighted by Gasteiger charge is -2.36. The smallest absolute Gasteiger partial charge is 0.250 e. The molecule has 0 saturated carbocycles. The number of nitrogens with zero attached hydrogens (tertiary/aromatic N) is 1. The van der Waals surface area contributed by atoms with E-state index in [1.54, 1.807) is 12.1 Å². The number of aryl methyl sites for hydroxylation is 2. The van der Waals surface area contributed by atoms with E-state index in [0.29, 0.717) is 17.8 Å². The van der Waals surface area contributed by atoms with E-state index in [1.807, 2.05) is 64.1 Å². The van der Waals surface area contributed by atoms with Crippen molar-refractivity contribution in [3.63, 3.8) is 0 Å². The van der Waals surface area contributed by atoms with E-state index in [0.717, 1.165) is 11.1 Å². The molecule has 190 valence electrons. The molecular formula is C28H33N3O5. The maximum Gasteiger partial charge on any atom is 0.250 e. The van der Waals surface area contributed by atoms with Gasteiger partial charge in [-0.25, -0.2) is 0 Å². The van der Waals surface area contributed by atoms with Crippen LogP contribution in [0.1, 0.15) is 31.4 Å². The van der Waals surface area contributed by atoms with Gasteiger partial charge in [-0.05, 0) is 62.4 Å². The lowest BCUT2D eigenvalue weighted by Crippen LogP contribution is -2.54. The van der Waals surface area contributed by atoms with Crippen LogP contribution in [0.25, 0.3) is 0 Å². The number of carbonyl (C=O) groups excluding carboxylic acids is 3. The van der Waals surface area contributed by atoms with Gasteiger partial charge in [0.05, 0.1) is 24.0 Å². The summed E-state index contributed by atoms with van der Waals surface area (Å²) >= 11 is 0. The number of hydrogen-bond acceptors (Lipinski definition) is 5. The molecule has 3 unspecified atom stereocenters. The highest BCUT2D eigenvalue weighted by atomic mass is 16.5. The average Bonchev–Trinajstić information content (AvgIpc) is 3.34. The van der Waals surface area contributed by atoms with Crippen molar-refractivity contribution in [1.82, 2.24) is 4.90 Å². The van der Waals surface area contributed by atoms with Crippen LogP contribution in [-0.2, 0) is 19.1 Å². The summed E-state index contributed by atoms with van der Waals surface area (Å²) in [6.07, 6.45) is 0.474. The third-order valence-electron chi connectivity index (χ3n) is 8.38. The van der Waals surface area contributed by atoms with Crippen molar-refractivity contribution in [1.29, 1.82) is 0 Å². The van der Waals surface area contributed by atoms with Crippen molar-refractivity contribution in [3.05, 3.63) is 59.7 Å². The third kappa shape index (κ3) is 3.54. The van der Waals surface area contributed by atoms with Crippen LogP contribution in [-0.4, -0.2) is 58.1 Å². The molecule has 2 aromatic carbocycles. The number of fused-ring (bicyclic) bond motifs is 1. The molecule has 0 aliphatic carbocycles. The number of nitrogens with one attached hydrogen (secondary N) is 2. The van der Waals surface area contributed by atoms with E-state index in [1.165, 1.54) is 4.90 Å². The molecule has 0 radical (unpaired) electrons. The Bertz CT molecular complexity index is 1220. The van der Waals surface area contributed by atoms with Gasteiger partial charge in [0, 0.05) is 17.9 Å². The number of anilines is 2. The molecule has 3 heterocycles. The number of aliphatic hydroxyl groups is 1. The van der Waals surface area contributed by atoms with E-state index in [4.69, 9.17) is 4.74 Å². The first-order valence-electron chi connectivity index (χ1n) is 12.5. The number of likely N-dealkylation sites (tertiary alicyclic amines) is 1. The Labute approximate surface area is 211 Å². The van der Waals surface area contributed by atoms with Gasteiger partial charge in [0.15, 0.2) is 0 Å². The molecule has 2 aromatic rings. The van der Waals surface area contributed by atoms with E-state index < -0.39 is 29.1 Å². The Morgan fingerprint density at radius 2 is 1.83 bits per heavy atom. The van der Waals surface area contributed by atoms with E-state index in [9.17, 15) is 19.5 Å². The van der Waals surface area contributed by atoms with Crippen LogP contribution >= 0.6 is 0 Å². The highest BCUT2D eigenvalue weighted by Gasteiger charge is 2.79. The summed E-state index contributed by atoms with van der Waals surface area (Å²) in [5, 5.41) is 15.7. The molecule has 8 nitrogen and oxygen atoms in total. The second kappa shape index (κ2) is 8.71. The Balaban J connectivity index is 1.53. The first kappa shape index (κ1) is 24.5. The summed E-state index contributed by atoms with van der Waals surface area (Å²) in [4.78, 5) is 42.7. The highest BCUT2D eigenvalue weighted by molar-refractivity contribution is 6.05. The molecule has 1 spiro atoms. The Morgan fingerprint density at radius 1 is 1.11 bits per heavy atom. The number of para-hydroxylation sites is 1. The number of hydrogen-bond donors (Lipinski definition) is 3. The van der Waals surface area contributed by atoms with Gasteiger partial charge < -0.3 is 25.4 Å². The molecule has 8 heteroatoms. The normalized spacial score (nSPS) is 32.5. The minimum Gasteiger partial charge on any atom is -0.395 e. The van der Waals surface area contributed by atoms with Crippen LogP contribution in [0.15, 0.2) is 48.5 Å². The number of ether oxygens (including phenoxy) is 1. The SMILES string of the molecule is Cc1ccc(C)c(NC(=O)C2N(CCO)C(=O)[C@@H]3[C@H](C(=O)Nc4ccccc4)[C@@]4(C)OC23CC4C)c1. The molecule has 3 fully saturated rings. The quantitative estimate of drug-likeness (QED) is 0.576. The number of benzene rings is 2. The van der Waals surface area contributed by atoms with Crippen LogP contribution < -0.4 is 10.6 Å². The lowest BCUT2D eigenvalue weighted by molar-refractivity contribution is -0.144. The van der Waals surface area contributed by atoms with E-state index in [-0.39, 0.29) is 36.8 Å². The summed E-state index contributed by atoms with van der Waals surface area (Å²) < 4.78 is 6.66. The minimum atomic E-state index is -1.15. The number of aliphatic hydroxyl groups excluding tert-OH is 1. The van der Waals surface area contributed by atoms with Gasteiger partial charge in [0.1, 0.15) is 11.6 Å². The predicted molar refractivity (Wildman–Crippen MR) is 135 cm³/mol. The average molecular weight is 492 g/mol. The fraction of sp³-hybridized carbons (Fsp3) is 0.464. The van der Waals surface area contributed by atoms with Gasteiger partial charge in [-0.2, -0.15) is 0 Å². The Hall–Kier alpha value is -3.23. The molecule has 6 atom stereocenters. The monoisotopic (exact) mass is 491 g/mol. The van der Waals surface area contributed by atoms with Gasteiger partial charge in [-0.3, -0.25) is 14.4 Å². The predicted octanol–water partition coefficient (Wildman–Crippen LogP) is 2.88. The van der Waals surface area contributed by atoms with Crippen molar-refractivity contribution >= 4 is 29.1 Å². The summed E-state index contributed by atoms with van der Waals surface area (Å²) in [7, 11) is 0. The van der Waals surface area contributed by atoms with Crippen LogP contribution in [0.3, 0.4) is 0 Å². The van der Waals surface area contributed by atoms with Gasteiger partial charge in [0.2, 0.25) is 17.7 Å². The minimum absolute atomic E-state index is 0.0105. The zero-order valence-corrected chi connectivity index (χ0v) is 21.1. The number of amides is 3. The van der Waals surface area contributed by atoms with Crippen LogP contribution in [0.2, 0.25) is 0 Å². The number of rotatable bonds is 6. The van der Waals surface area contributed by atoms with Crippen LogP contribution in [0, 0.1) is 31.6 Å².